The molecule has 0 aliphatic carbocycles. The van der Waals surface area contributed by atoms with E-state index in [4.69, 9.17) is 21.4 Å². The predicted octanol–water partition coefficient (Wildman–Crippen LogP) is 1.09. The van der Waals surface area contributed by atoms with Crippen molar-refractivity contribution in [3.63, 3.8) is 0 Å². The smallest absolute Gasteiger partial charge is 0.333 e. The van der Waals surface area contributed by atoms with Crippen LogP contribution in [-0.2, 0) is 9.53 Å². The van der Waals surface area contributed by atoms with Crippen molar-refractivity contribution >= 4 is 17.6 Å². The lowest BCUT2D eigenvalue weighted by Gasteiger charge is -2.17. The molecule has 0 amide bonds. The van der Waals surface area contributed by atoms with E-state index in [1.807, 2.05) is 0 Å². The number of halogens is 1. The molecule has 0 heterocycles. The zero-order valence-electron chi connectivity index (χ0n) is 7.21. The average Bonchev–Trinajstić information content (AvgIpc) is 1.98. The Morgan fingerprint density at radius 1 is 1.75 bits per heavy atom. The van der Waals surface area contributed by atoms with Crippen LogP contribution in [0, 0.1) is 0 Å². The first-order chi connectivity index (χ1) is 5.49. The van der Waals surface area contributed by atoms with Crippen molar-refractivity contribution in [2.75, 3.05) is 5.88 Å². The maximum absolute atomic E-state index is 10.9. The zero-order valence-corrected chi connectivity index (χ0v) is 7.97. The fourth-order valence-corrected chi connectivity index (χ4v) is 0.818. The monoisotopic (exact) mass is 192 g/mol. The van der Waals surface area contributed by atoms with Crippen molar-refractivity contribution in [3.8, 4) is 0 Å². The Kier molecular flexibility index (Phi) is 4.93. The highest BCUT2D eigenvalue weighted by Crippen LogP contribution is 2.05. The summed E-state index contributed by atoms with van der Waals surface area (Å²) in [6, 6.07) is 0. The number of alkyl halides is 1. The first kappa shape index (κ1) is 11.5. The summed E-state index contributed by atoms with van der Waals surface area (Å²) in [5, 5.41) is 9.05. The van der Waals surface area contributed by atoms with E-state index in [1.54, 1.807) is 0 Å². The number of carbonyl (C=O) groups is 1. The maximum atomic E-state index is 10.9. The van der Waals surface area contributed by atoms with E-state index in [2.05, 4.69) is 6.58 Å². The third-order valence-electron chi connectivity index (χ3n) is 1.30. The van der Waals surface area contributed by atoms with Gasteiger partial charge in [0.2, 0.25) is 0 Å². The first-order valence-corrected chi connectivity index (χ1v) is 4.13. The molecule has 0 fully saturated rings. The van der Waals surface area contributed by atoms with Crippen LogP contribution in [0.5, 0.6) is 0 Å². The molecule has 0 bridgehead atoms. The molecule has 0 saturated carbocycles. The van der Waals surface area contributed by atoms with Crippen LogP contribution in [0.4, 0.5) is 0 Å². The van der Waals surface area contributed by atoms with Crippen molar-refractivity contribution in [2.24, 2.45) is 0 Å². The number of hydrogen-bond donors (Lipinski definition) is 1. The van der Waals surface area contributed by atoms with Crippen LogP contribution in [0.2, 0.25) is 0 Å². The molecule has 2 atom stereocenters. The van der Waals surface area contributed by atoms with E-state index < -0.39 is 18.2 Å². The second kappa shape index (κ2) is 5.17. The van der Waals surface area contributed by atoms with E-state index in [-0.39, 0.29) is 5.88 Å². The van der Waals surface area contributed by atoms with Gasteiger partial charge in [-0.25, -0.2) is 4.79 Å². The van der Waals surface area contributed by atoms with Crippen molar-refractivity contribution < 1.29 is 14.6 Å². The Balaban J connectivity index is 4.03. The molecule has 70 valence electrons. The van der Waals surface area contributed by atoms with Gasteiger partial charge >= 0.3 is 5.97 Å². The molecule has 2 unspecified atom stereocenters. The first-order valence-electron chi connectivity index (χ1n) is 3.59. The molecule has 0 aromatic rings. The van der Waals surface area contributed by atoms with Gasteiger partial charge in [-0.1, -0.05) is 6.58 Å². The van der Waals surface area contributed by atoms with Gasteiger partial charge in [0.25, 0.3) is 0 Å². The number of aliphatic hydroxyl groups excluding tert-OH is 1. The van der Waals surface area contributed by atoms with Crippen LogP contribution < -0.4 is 0 Å². The topological polar surface area (TPSA) is 46.5 Å². The Hall–Kier alpha value is -0.540. The van der Waals surface area contributed by atoms with E-state index in [0.717, 1.165) is 0 Å². The average molecular weight is 193 g/mol. The standard InChI is InChI=1S/C8H13ClO3/c1-5(2)8(11)12-7(4-9)6(3)10/h6-7,10H,1,4H2,2-3H3. The summed E-state index contributed by atoms with van der Waals surface area (Å²) < 4.78 is 4.80. The van der Waals surface area contributed by atoms with Gasteiger partial charge in [-0.05, 0) is 13.8 Å². The molecule has 0 aromatic heterocycles. The second-order valence-corrected chi connectivity index (χ2v) is 2.93. The number of rotatable bonds is 4. The zero-order chi connectivity index (χ0) is 9.72. The minimum atomic E-state index is -0.759. The maximum Gasteiger partial charge on any atom is 0.333 e. The number of esters is 1. The Morgan fingerprint density at radius 2 is 2.25 bits per heavy atom. The minimum Gasteiger partial charge on any atom is -0.455 e. The van der Waals surface area contributed by atoms with Crippen molar-refractivity contribution in [2.45, 2.75) is 26.1 Å². The highest BCUT2D eigenvalue weighted by molar-refractivity contribution is 6.18. The molecule has 0 spiro atoms. The Labute approximate surface area is 77.0 Å². The number of carbonyl (C=O) groups excluding carboxylic acids is 1. The SMILES string of the molecule is C=C(C)C(=O)OC(CCl)C(C)O. The van der Waals surface area contributed by atoms with Crippen molar-refractivity contribution in [3.05, 3.63) is 12.2 Å². The summed E-state index contributed by atoms with van der Waals surface area (Å²) in [7, 11) is 0. The van der Waals surface area contributed by atoms with Gasteiger partial charge in [-0.15, -0.1) is 11.6 Å². The lowest BCUT2D eigenvalue weighted by Crippen LogP contribution is -2.30. The lowest BCUT2D eigenvalue weighted by molar-refractivity contribution is -0.147. The third-order valence-corrected chi connectivity index (χ3v) is 1.60. The Morgan fingerprint density at radius 3 is 2.50 bits per heavy atom. The van der Waals surface area contributed by atoms with Gasteiger partial charge in [0.05, 0.1) is 12.0 Å². The van der Waals surface area contributed by atoms with E-state index >= 15 is 0 Å². The molecule has 0 radical (unpaired) electrons. The minimum absolute atomic E-state index is 0.0800. The summed E-state index contributed by atoms with van der Waals surface area (Å²) in [5.41, 5.74) is 0.297. The van der Waals surface area contributed by atoms with Crippen molar-refractivity contribution in [1.82, 2.24) is 0 Å². The van der Waals surface area contributed by atoms with Crippen LogP contribution in [0.15, 0.2) is 12.2 Å². The van der Waals surface area contributed by atoms with Gasteiger partial charge in [0.15, 0.2) is 0 Å². The van der Waals surface area contributed by atoms with Gasteiger partial charge in [-0.3, -0.25) is 0 Å². The number of ether oxygens (including phenoxy) is 1. The molecular weight excluding hydrogens is 180 g/mol. The summed E-state index contributed by atoms with van der Waals surface area (Å²) in [4.78, 5) is 10.9. The molecule has 1 N–H and O–H groups in total. The molecule has 0 aliphatic heterocycles. The molecule has 0 saturated heterocycles. The summed E-state index contributed by atoms with van der Waals surface area (Å²) in [6.45, 7) is 6.45. The fourth-order valence-electron chi connectivity index (χ4n) is 0.497. The van der Waals surface area contributed by atoms with E-state index in [1.165, 1.54) is 13.8 Å². The normalized spacial score (nSPS) is 15.0. The van der Waals surface area contributed by atoms with Crippen molar-refractivity contribution in [1.29, 1.82) is 0 Å². The summed E-state index contributed by atoms with van der Waals surface area (Å²) in [5.74, 6) is -0.446. The quantitative estimate of drug-likeness (QED) is 0.412. The number of hydrogen-bond acceptors (Lipinski definition) is 3. The molecular formula is C8H13ClO3. The highest BCUT2D eigenvalue weighted by Gasteiger charge is 2.18. The van der Waals surface area contributed by atoms with Crippen LogP contribution >= 0.6 is 11.6 Å². The highest BCUT2D eigenvalue weighted by atomic mass is 35.5. The largest absolute Gasteiger partial charge is 0.455 e. The fraction of sp³-hybridized carbons (Fsp3) is 0.625. The van der Waals surface area contributed by atoms with Crippen LogP contribution in [0.1, 0.15) is 13.8 Å². The summed E-state index contributed by atoms with van der Waals surface area (Å²) in [6.07, 6.45) is -1.42. The second-order valence-electron chi connectivity index (χ2n) is 2.62. The molecule has 4 heteroatoms. The lowest BCUT2D eigenvalue weighted by atomic mass is 10.2. The third kappa shape index (κ3) is 3.74. The van der Waals surface area contributed by atoms with Gasteiger partial charge in [0, 0.05) is 5.57 Å². The molecule has 0 aromatic carbocycles. The summed E-state index contributed by atoms with van der Waals surface area (Å²) >= 11 is 5.44. The van der Waals surface area contributed by atoms with Crippen LogP contribution in [0.3, 0.4) is 0 Å². The van der Waals surface area contributed by atoms with Gasteiger partial charge < -0.3 is 9.84 Å². The van der Waals surface area contributed by atoms with Gasteiger partial charge in [-0.2, -0.15) is 0 Å². The predicted molar refractivity (Wildman–Crippen MR) is 47.1 cm³/mol. The number of aliphatic hydroxyl groups is 1. The van der Waals surface area contributed by atoms with Crippen LogP contribution in [-0.4, -0.2) is 29.2 Å². The van der Waals surface area contributed by atoms with Gasteiger partial charge in [0.1, 0.15) is 6.10 Å². The molecule has 12 heavy (non-hydrogen) atoms. The molecule has 0 rings (SSSR count). The van der Waals surface area contributed by atoms with E-state index in [9.17, 15) is 4.79 Å². The molecule has 0 aliphatic rings. The van der Waals surface area contributed by atoms with Crippen LogP contribution in [0.25, 0.3) is 0 Å². The molecule has 3 nitrogen and oxygen atoms in total. The Bertz CT molecular complexity index is 177. The van der Waals surface area contributed by atoms with E-state index in [0.29, 0.717) is 5.57 Å².